The average molecular weight is 847 g/mol. The topological polar surface area (TPSA) is 138 Å². The molecule has 12 nitrogen and oxygen atoms in total. The van der Waals surface area contributed by atoms with E-state index >= 15 is 4.79 Å². The number of allylic oxidation sites excluding steroid dienone is 9. The number of aliphatic hydroxyl groups is 1. The summed E-state index contributed by atoms with van der Waals surface area (Å²) in [5, 5.41) is 17.5. The molecule has 0 saturated carbocycles. The molecule has 0 radical (unpaired) electrons. The van der Waals surface area contributed by atoms with Crippen molar-refractivity contribution in [3.8, 4) is 6.01 Å². The van der Waals surface area contributed by atoms with Gasteiger partial charge in [0.1, 0.15) is 36.5 Å². The van der Waals surface area contributed by atoms with Gasteiger partial charge in [0.15, 0.2) is 0 Å². The molecule has 0 spiro atoms. The number of hydrogen-bond acceptors (Lipinski definition) is 10. The van der Waals surface area contributed by atoms with Gasteiger partial charge < -0.3 is 35.0 Å². The maximum Gasteiger partial charge on any atom is 0.298 e. The predicted octanol–water partition coefficient (Wildman–Crippen LogP) is 7.27. The van der Waals surface area contributed by atoms with Gasteiger partial charge in [-0.2, -0.15) is 4.98 Å². The van der Waals surface area contributed by atoms with Crippen LogP contribution in [0.5, 0.6) is 6.01 Å². The van der Waals surface area contributed by atoms with Crippen molar-refractivity contribution >= 4 is 28.9 Å². The summed E-state index contributed by atoms with van der Waals surface area (Å²) in [4.78, 5) is 51.6. The lowest BCUT2D eigenvalue weighted by Gasteiger charge is -2.39. The molecule has 12 heteroatoms. The molecule has 332 valence electrons. The van der Waals surface area contributed by atoms with Crippen molar-refractivity contribution in [2.24, 2.45) is 29.6 Å². The number of rotatable bonds is 5. The van der Waals surface area contributed by atoms with Crippen LogP contribution >= 0.6 is 0 Å². The van der Waals surface area contributed by atoms with Crippen LogP contribution in [0.1, 0.15) is 97.7 Å². The third kappa shape index (κ3) is 9.27. The van der Waals surface area contributed by atoms with Crippen LogP contribution in [0.3, 0.4) is 0 Å². The van der Waals surface area contributed by atoms with Crippen LogP contribution < -0.4 is 15.4 Å². The molecule has 1 aromatic heterocycles. The third-order valence-corrected chi connectivity index (χ3v) is 14.1. The monoisotopic (exact) mass is 847 g/mol. The van der Waals surface area contributed by atoms with Gasteiger partial charge in [-0.25, -0.2) is 0 Å². The van der Waals surface area contributed by atoms with E-state index in [1.807, 2.05) is 47.7 Å². The van der Waals surface area contributed by atoms with Crippen molar-refractivity contribution in [2.45, 2.75) is 92.4 Å². The summed E-state index contributed by atoms with van der Waals surface area (Å²) in [6, 6.07) is 2.40. The van der Waals surface area contributed by atoms with E-state index in [1.54, 1.807) is 11.9 Å². The standard InChI is InChI=1S/C50H66N6O6/c1-29-13-12-15-31(3)36(8)52-46-47(55-21-19-54(20-22-55)43(58)28-61-38-25-56-26-42(51-9)53-50(56)62-27-38)49(60)45-40(48(46)59)23-32(4)39-24-37(35(7)44(39)45)16-11-10-14-30(2)33(5)34(6)41(57)18-17-29/h10-13,15,23,26,29-30,33-34,37-38,41,51-52,57H,7-8,14,16-22,24-25,27-28H2,1-6,9H3/b11-10+,13-12+,31-15-/t29?,30-,33?,34+,37?,38?,41?/m1/s1. The molecule has 1 saturated heterocycles. The Bertz CT molecular complexity index is 2220. The molecule has 2 aliphatic carbocycles. The molecule has 3 N–H and O–H groups in total. The number of piperazine rings is 1. The molecule has 5 unspecified atom stereocenters. The number of anilines is 1. The fourth-order valence-electron chi connectivity index (χ4n) is 9.53. The maximum absolute atomic E-state index is 15.2. The van der Waals surface area contributed by atoms with Crippen LogP contribution in [0.25, 0.3) is 5.57 Å². The Balaban J connectivity index is 1.14. The number of aryl methyl sites for hydroxylation is 1. The minimum absolute atomic E-state index is 0.0981. The summed E-state index contributed by atoms with van der Waals surface area (Å²) in [5.41, 5.74) is 6.39. The van der Waals surface area contributed by atoms with Gasteiger partial charge in [0.25, 0.3) is 6.01 Å². The highest BCUT2D eigenvalue weighted by molar-refractivity contribution is 6.28. The smallest absolute Gasteiger partial charge is 0.298 e. The quantitative estimate of drug-likeness (QED) is 0.264. The normalized spacial score (nSPS) is 29.4. The Kier molecular flexibility index (Phi) is 13.8. The van der Waals surface area contributed by atoms with E-state index in [-0.39, 0.29) is 59.7 Å². The van der Waals surface area contributed by atoms with E-state index in [1.165, 1.54) is 0 Å². The second-order valence-corrected chi connectivity index (χ2v) is 18.3. The van der Waals surface area contributed by atoms with Gasteiger partial charge in [0.2, 0.25) is 17.5 Å². The number of amides is 1. The van der Waals surface area contributed by atoms with Gasteiger partial charge in [-0.05, 0) is 109 Å². The summed E-state index contributed by atoms with van der Waals surface area (Å²) in [7, 11) is 1.80. The van der Waals surface area contributed by atoms with Gasteiger partial charge in [-0.3, -0.25) is 19.0 Å². The molecule has 2 aromatic rings. The molecule has 1 aromatic carbocycles. The van der Waals surface area contributed by atoms with Gasteiger partial charge in [0, 0.05) is 50.1 Å². The van der Waals surface area contributed by atoms with E-state index in [0.717, 1.165) is 59.9 Å². The van der Waals surface area contributed by atoms with E-state index in [9.17, 15) is 14.7 Å². The molecule has 6 aliphatic rings. The van der Waals surface area contributed by atoms with Gasteiger partial charge in [-0.1, -0.05) is 71.2 Å². The number of nitrogens with zero attached hydrogens (tertiary/aromatic N) is 4. The largest absolute Gasteiger partial charge is 0.462 e. The predicted molar refractivity (Wildman–Crippen MR) is 244 cm³/mol. The van der Waals surface area contributed by atoms with E-state index in [2.05, 4.69) is 74.7 Å². The number of carbonyl (C=O) groups is 3. The highest BCUT2D eigenvalue weighted by Gasteiger charge is 2.42. The van der Waals surface area contributed by atoms with Gasteiger partial charge in [0.05, 0.1) is 18.8 Å². The molecule has 5 heterocycles. The van der Waals surface area contributed by atoms with Crippen molar-refractivity contribution < 1.29 is 29.0 Å². The van der Waals surface area contributed by atoms with Gasteiger partial charge >= 0.3 is 0 Å². The van der Waals surface area contributed by atoms with Crippen molar-refractivity contribution in [1.29, 1.82) is 0 Å². The Morgan fingerprint density at radius 1 is 1.02 bits per heavy atom. The number of aliphatic hydroxyl groups excluding tert-OH is 1. The van der Waals surface area contributed by atoms with E-state index in [0.29, 0.717) is 85.5 Å². The molecule has 1 fully saturated rings. The zero-order chi connectivity index (χ0) is 44.4. The molecule has 4 aliphatic heterocycles. The lowest BCUT2D eigenvalue weighted by atomic mass is 9.79. The lowest BCUT2D eigenvalue weighted by Crippen LogP contribution is -2.52. The number of hydrogen-bond donors (Lipinski definition) is 3. The molecule has 5 bridgehead atoms. The third-order valence-electron chi connectivity index (χ3n) is 14.1. The summed E-state index contributed by atoms with van der Waals surface area (Å²) in [5.74, 6) is 1.38. The number of fused-ring (bicyclic) bond motifs is 15. The Morgan fingerprint density at radius 3 is 2.50 bits per heavy atom. The van der Waals surface area contributed by atoms with Crippen molar-refractivity contribution in [2.75, 3.05) is 51.8 Å². The second kappa shape index (κ2) is 19.0. The molecular weight excluding hydrogens is 781 g/mol. The Labute approximate surface area is 367 Å². The van der Waals surface area contributed by atoms with E-state index in [4.69, 9.17) is 9.47 Å². The number of aromatic nitrogens is 2. The van der Waals surface area contributed by atoms with Crippen LogP contribution in [0.4, 0.5) is 5.82 Å². The minimum atomic E-state index is -0.369. The molecule has 1 amide bonds. The van der Waals surface area contributed by atoms with Crippen LogP contribution in [0.2, 0.25) is 0 Å². The van der Waals surface area contributed by atoms with E-state index < -0.39 is 0 Å². The summed E-state index contributed by atoms with van der Waals surface area (Å²) < 4.78 is 13.6. The van der Waals surface area contributed by atoms with Crippen LogP contribution in [0, 0.1) is 36.5 Å². The zero-order valence-corrected chi connectivity index (χ0v) is 37.8. The summed E-state index contributed by atoms with van der Waals surface area (Å²) >= 11 is 0. The fourth-order valence-corrected chi connectivity index (χ4v) is 9.53. The first kappa shape index (κ1) is 44.8. The SMILES string of the molecule is C=C1NC2=C(N3CCN(C(=O)COC4COc5nc(NC)cn5C4)CC3)C(=O)c3c(cc(C)c4c3C(=C)C(C/C=C/C[C@@H](C)C(C)[C@H](C)C(O)CCC(C)/C=C/C=C\1C)C4)C2=O. The number of Topliss-reactive ketones (excluding diaryl/α,β-unsaturated/α-hetero) is 2. The van der Waals surface area contributed by atoms with Crippen LogP contribution in [0.15, 0.2) is 78.5 Å². The minimum Gasteiger partial charge on any atom is -0.462 e. The average Bonchev–Trinajstić information content (AvgIpc) is 3.84. The van der Waals surface area contributed by atoms with Crippen LogP contribution in [-0.4, -0.2) is 101 Å². The Hall–Kier alpha value is -5.20. The molecule has 7 atom stereocenters. The highest BCUT2D eigenvalue weighted by Crippen LogP contribution is 2.45. The molecule has 8 rings (SSSR count). The number of benzene rings is 1. The Morgan fingerprint density at radius 2 is 1.76 bits per heavy atom. The molecular formula is C50H66N6O6. The highest BCUT2D eigenvalue weighted by atomic mass is 16.5. The molecule has 62 heavy (non-hydrogen) atoms. The first-order chi connectivity index (χ1) is 29.7. The summed E-state index contributed by atoms with van der Waals surface area (Å²) in [6.07, 6.45) is 15.8. The maximum atomic E-state index is 15.2. The van der Waals surface area contributed by atoms with Gasteiger partial charge in [-0.15, -0.1) is 0 Å². The first-order valence-corrected chi connectivity index (χ1v) is 22.5. The first-order valence-electron chi connectivity index (χ1n) is 22.5. The number of ketones is 2. The number of carbonyl (C=O) groups excluding carboxylic acids is 3. The van der Waals surface area contributed by atoms with Crippen molar-refractivity contribution in [3.05, 3.63) is 106 Å². The van der Waals surface area contributed by atoms with Crippen molar-refractivity contribution in [1.82, 2.24) is 24.7 Å². The lowest BCUT2D eigenvalue weighted by molar-refractivity contribution is -0.141. The fraction of sp³-hybridized carbons (Fsp3) is 0.520. The number of nitrogens with one attached hydrogen (secondary N) is 2. The van der Waals surface area contributed by atoms with Crippen LogP contribution in [-0.2, 0) is 22.5 Å². The number of imidazole rings is 1. The number of ether oxygens (including phenoxy) is 2. The zero-order valence-electron chi connectivity index (χ0n) is 37.8. The van der Waals surface area contributed by atoms with Crippen molar-refractivity contribution in [3.63, 3.8) is 0 Å². The summed E-state index contributed by atoms with van der Waals surface area (Å²) in [6.45, 7) is 23.8. The second-order valence-electron chi connectivity index (χ2n) is 18.3.